The van der Waals surface area contributed by atoms with Crippen LogP contribution in [0, 0.1) is 12.3 Å². The van der Waals surface area contributed by atoms with Crippen LogP contribution in [0.15, 0.2) is 30.3 Å². The quantitative estimate of drug-likeness (QED) is 0.736. The molecule has 1 spiro atoms. The van der Waals surface area contributed by atoms with Crippen molar-refractivity contribution >= 4 is 5.82 Å². The lowest BCUT2D eigenvalue weighted by Crippen LogP contribution is -2.51. The smallest absolute Gasteiger partial charge is 0.151 e. The van der Waals surface area contributed by atoms with Gasteiger partial charge >= 0.3 is 0 Å². The Balaban J connectivity index is 1.19. The highest BCUT2D eigenvalue weighted by Crippen LogP contribution is 2.43. The summed E-state index contributed by atoms with van der Waals surface area (Å²) in [5, 5.41) is 9.11. The molecular formula is C25H34N4O. The molecule has 0 atom stereocenters. The molecule has 3 heterocycles. The third kappa shape index (κ3) is 3.80. The molecule has 2 saturated heterocycles. The molecule has 1 saturated carbocycles. The maximum Gasteiger partial charge on any atom is 0.151 e. The molecule has 1 aliphatic carbocycles. The first kappa shape index (κ1) is 19.8. The van der Waals surface area contributed by atoms with E-state index < -0.39 is 0 Å². The maximum absolute atomic E-state index is 5.36. The van der Waals surface area contributed by atoms with Crippen molar-refractivity contribution in [1.82, 2.24) is 15.1 Å². The average molecular weight is 407 g/mol. The number of likely N-dealkylation sites (tertiary alicyclic amines) is 1. The number of piperidine rings is 2. The van der Waals surface area contributed by atoms with Gasteiger partial charge in [0, 0.05) is 24.7 Å². The topological polar surface area (TPSA) is 41.5 Å². The zero-order chi connectivity index (χ0) is 20.6. The third-order valence-corrected chi connectivity index (χ3v) is 7.94. The van der Waals surface area contributed by atoms with Gasteiger partial charge < -0.3 is 14.5 Å². The van der Waals surface area contributed by atoms with Gasteiger partial charge in [0.25, 0.3) is 0 Å². The Morgan fingerprint density at radius 3 is 2.23 bits per heavy atom. The SMILES string of the molecule is COc1ccc(-c2ccc(N3CCC4(CC3)CCN(C3CCC3)CC4)nn2)cc1C. The van der Waals surface area contributed by atoms with Gasteiger partial charge in [-0.15, -0.1) is 10.2 Å². The Bertz CT molecular complexity index is 859. The van der Waals surface area contributed by atoms with Crippen molar-refractivity contribution in [1.29, 1.82) is 0 Å². The Labute approximate surface area is 180 Å². The van der Waals surface area contributed by atoms with Crippen LogP contribution in [0.5, 0.6) is 5.75 Å². The molecule has 2 aliphatic heterocycles. The number of aromatic nitrogens is 2. The minimum absolute atomic E-state index is 0.574. The number of nitrogens with zero attached hydrogens (tertiary/aromatic N) is 4. The number of hydrogen-bond acceptors (Lipinski definition) is 5. The van der Waals surface area contributed by atoms with Crippen molar-refractivity contribution in [3.05, 3.63) is 35.9 Å². The lowest BCUT2D eigenvalue weighted by Gasteiger charge is -2.50. The van der Waals surface area contributed by atoms with Crippen LogP contribution in [0.4, 0.5) is 5.82 Å². The van der Waals surface area contributed by atoms with Crippen molar-refractivity contribution in [2.45, 2.75) is 57.9 Å². The number of methoxy groups -OCH3 is 1. The first-order valence-corrected chi connectivity index (χ1v) is 11.6. The van der Waals surface area contributed by atoms with Gasteiger partial charge in [-0.25, -0.2) is 0 Å². The molecule has 0 unspecified atom stereocenters. The molecule has 1 aromatic carbocycles. The second-order valence-corrected chi connectivity index (χ2v) is 9.57. The van der Waals surface area contributed by atoms with E-state index in [1.54, 1.807) is 7.11 Å². The normalized spacial score (nSPS) is 22.1. The van der Waals surface area contributed by atoms with Gasteiger partial charge in [-0.1, -0.05) is 6.42 Å². The van der Waals surface area contributed by atoms with Crippen LogP contribution in [0.3, 0.4) is 0 Å². The van der Waals surface area contributed by atoms with Crippen molar-refractivity contribution < 1.29 is 4.74 Å². The summed E-state index contributed by atoms with van der Waals surface area (Å²) in [4.78, 5) is 5.20. The average Bonchev–Trinajstić information content (AvgIpc) is 2.75. The van der Waals surface area contributed by atoms with E-state index in [-0.39, 0.29) is 0 Å². The second-order valence-electron chi connectivity index (χ2n) is 9.57. The van der Waals surface area contributed by atoms with E-state index in [1.807, 2.05) is 6.07 Å². The Morgan fingerprint density at radius 1 is 0.933 bits per heavy atom. The zero-order valence-electron chi connectivity index (χ0n) is 18.4. The molecule has 3 fully saturated rings. The van der Waals surface area contributed by atoms with Crippen LogP contribution in [-0.4, -0.2) is 54.4 Å². The van der Waals surface area contributed by atoms with Gasteiger partial charge in [-0.05, 0) is 99.8 Å². The molecule has 5 rings (SSSR count). The standard InChI is InChI=1S/C25H34N4O/c1-19-18-20(6-8-23(19)30-2)22-7-9-24(27-26-22)29-16-12-25(13-17-29)10-14-28(15-11-25)21-4-3-5-21/h6-9,18,21H,3-5,10-17H2,1-2H3. The second kappa shape index (κ2) is 8.18. The molecule has 0 radical (unpaired) electrons. The Hall–Kier alpha value is -2.14. The molecule has 1 aromatic heterocycles. The first-order chi connectivity index (χ1) is 14.7. The van der Waals surface area contributed by atoms with E-state index in [4.69, 9.17) is 4.74 Å². The van der Waals surface area contributed by atoms with Gasteiger partial charge in [-0.3, -0.25) is 0 Å². The summed E-state index contributed by atoms with van der Waals surface area (Å²) in [5.41, 5.74) is 3.69. The summed E-state index contributed by atoms with van der Waals surface area (Å²) < 4.78 is 5.36. The zero-order valence-corrected chi connectivity index (χ0v) is 18.4. The molecule has 0 N–H and O–H groups in total. The van der Waals surface area contributed by atoms with Crippen LogP contribution < -0.4 is 9.64 Å². The lowest BCUT2D eigenvalue weighted by molar-refractivity contribution is 0.0305. The van der Waals surface area contributed by atoms with Gasteiger partial charge in [0.2, 0.25) is 0 Å². The fourth-order valence-corrected chi connectivity index (χ4v) is 5.51. The molecule has 160 valence electrons. The van der Waals surface area contributed by atoms with Gasteiger partial charge in [0.1, 0.15) is 5.75 Å². The third-order valence-electron chi connectivity index (χ3n) is 7.94. The largest absolute Gasteiger partial charge is 0.496 e. The highest BCUT2D eigenvalue weighted by molar-refractivity contribution is 5.62. The van der Waals surface area contributed by atoms with Crippen molar-refractivity contribution in [2.24, 2.45) is 5.41 Å². The predicted octanol–water partition coefficient (Wildman–Crippen LogP) is 4.70. The summed E-state index contributed by atoms with van der Waals surface area (Å²) in [6.45, 7) is 6.92. The minimum Gasteiger partial charge on any atom is -0.496 e. The Morgan fingerprint density at radius 2 is 1.67 bits per heavy atom. The maximum atomic E-state index is 5.36. The van der Waals surface area contributed by atoms with Crippen LogP contribution in [-0.2, 0) is 0 Å². The number of anilines is 1. The molecule has 2 aromatic rings. The summed E-state index contributed by atoms with van der Waals surface area (Å²) in [6.07, 6.45) is 9.69. The van der Waals surface area contributed by atoms with Crippen LogP contribution in [0.2, 0.25) is 0 Å². The lowest BCUT2D eigenvalue weighted by atomic mass is 9.70. The molecule has 5 nitrogen and oxygen atoms in total. The number of hydrogen-bond donors (Lipinski definition) is 0. The number of ether oxygens (including phenoxy) is 1. The van der Waals surface area contributed by atoms with Gasteiger partial charge in [-0.2, -0.15) is 0 Å². The van der Waals surface area contributed by atoms with Gasteiger partial charge in [0.15, 0.2) is 5.82 Å². The summed E-state index contributed by atoms with van der Waals surface area (Å²) >= 11 is 0. The Kier molecular flexibility index (Phi) is 5.40. The highest BCUT2D eigenvalue weighted by atomic mass is 16.5. The number of rotatable bonds is 4. The monoisotopic (exact) mass is 406 g/mol. The van der Waals surface area contributed by atoms with E-state index in [2.05, 4.69) is 51.2 Å². The molecule has 0 amide bonds. The van der Waals surface area contributed by atoms with Crippen LogP contribution in [0.1, 0.15) is 50.5 Å². The van der Waals surface area contributed by atoms with Crippen LogP contribution in [0.25, 0.3) is 11.3 Å². The van der Waals surface area contributed by atoms with E-state index in [9.17, 15) is 0 Å². The van der Waals surface area contributed by atoms with E-state index in [0.717, 1.165) is 47.5 Å². The summed E-state index contributed by atoms with van der Waals surface area (Å²) in [7, 11) is 1.71. The summed E-state index contributed by atoms with van der Waals surface area (Å²) in [6, 6.07) is 11.3. The molecule has 0 bridgehead atoms. The molecule has 30 heavy (non-hydrogen) atoms. The fraction of sp³-hybridized carbons (Fsp3) is 0.600. The minimum atomic E-state index is 0.574. The fourth-order valence-electron chi connectivity index (χ4n) is 5.51. The van der Waals surface area contributed by atoms with Gasteiger partial charge in [0.05, 0.1) is 12.8 Å². The van der Waals surface area contributed by atoms with E-state index >= 15 is 0 Å². The van der Waals surface area contributed by atoms with E-state index in [1.165, 1.54) is 58.0 Å². The van der Waals surface area contributed by atoms with E-state index in [0.29, 0.717) is 5.41 Å². The van der Waals surface area contributed by atoms with Crippen molar-refractivity contribution in [2.75, 3.05) is 38.2 Å². The predicted molar refractivity (Wildman–Crippen MR) is 121 cm³/mol. The number of aryl methyl sites for hydroxylation is 1. The highest BCUT2D eigenvalue weighted by Gasteiger charge is 2.39. The summed E-state index contributed by atoms with van der Waals surface area (Å²) in [5.74, 6) is 1.93. The molecule has 5 heteroatoms. The van der Waals surface area contributed by atoms with Crippen molar-refractivity contribution in [3.63, 3.8) is 0 Å². The molecular weight excluding hydrogens is 372 g/mol. The molecule has 3 aliphatic rings. The van der Waals surface area contributed by atoms with Crippen LogP contribution >= 0.6 is 0 Å². The first-order valence-electron chi connectivity index (χ1n) is 11.6. The number of benzene rings is 1. The van der Waals surface area contributed by atoms with Crippen molar-refractivity contribution in [3.8, 4) is 17.0 Å².